The summed E-state index contributed by atoms with van der Waals surface area (Å²) >= 11 is 1.58. The molecule has 1 heterocycles. The first-order chi connectivity index (χ1) is 11.5. The Hall–Kier alpha value is -1.88. The molecule has 2 nitrogen and oxygen atoms in total. The zero-order valence-electron chi connectivity index (χ0n) is 13.5. The Morgan fingerprint density at radius 1 is 1.17 bits per heavy atom. The van der Waals surface area contributed by atoms with Gasteiger partial charge in [-0.05, 0) is 43.7 Å². The Balaban J connectivity index is 1.73. The maximum absolute atomic E-state index is 14.0. The molecular weight excluding hydrogens is 328 g/mol. The van der Waals surface area contributed by atoms with Crippen molar-refractivity contribution in [2.75, 3.05) is 18.8 Å². The van der Waals surface area contributed by atoms with Crippen LogP contribution < -0.4 is 0 Å². The summed E-state index contributed by atoms with van der Waals surface area (Å²) in [7, 11) is 0. The van der Waals surface area contributed by atoms with Crippen LogP contribution in [0.2, 0.25) is 0 Å². The molecule has 1 aliphatic rings. The SMILES string of the molecule is Cc1cccc(C(=O)N2CCSC(c3cc(F)ccc3F)CC2)c1. The van der Waals surface area contributed by atoms with Crippen molar-refractivity contribution in [3.63, 3.8) is 0 Å². The lowest BCUT2D eigenvalue weighted by Gasteiger charge is -2.20. The van der Waals surface area contributed by atoms with Gasteiger partial charge < -0.3 is 4.90 Å². The van der Waals surface area contributed by atoms with Gasteiger partial charge >= 0.3 is 0 Å². The fourth-order valence-corrected chi connectivity index (χ4v) is 4.19. The lowest BCUT2D eigenvalue weighted by atomic mass is 10.1. The fourth-order valence-electron chi connectivity index (χ4n) is 2.94. The summed E-state index contributed by atoms with van der Waals surface area (Å²) in [6, 6.07) is 11.1. The molecule has 24 heavy (non-hydrogen) atoms. The van der Waals surface area contributed by atoms with Crippen molar-refractivity contribution in [3.8, 4) is 0 Å². The second-order valence-corrected chi connectivity index (χ2v) is 7.29. The fraction of sp³-hybridized carbons (Fsp3) is 0.316. The van der Waals surface area contributed by atoms with Crippen LogP contribution in [0.15, 0.2) is 42.5 Å². The molecule has 2 aromatic rings. The molecule has 1 aliphatic heterocycles. The average molecular weight is 347 g/mol. The van der Waals surface area contributed by atoms with Gasteiger partial charge in [-0.25, -0.2) is 8.78 Å². The van der Waals surface area contributed by atoms with E-state index in [0.29, 0.717) is 36.4 Å². The van der Waals surface area contributed by atoms with E-state index in [0.717, 1.165) is 11.6 Å². The molecular formula is C19H19F2NOS. The zero-order valence-corrected chi connectivity index (χ0v) is 14.3. The van der Waals surface area contributed by atoms with Crippen LogP contribution in [0.4, 0.5) is 8.78 Å². The van der Waals surface area contributed by atoms with Crippen molar-refractivity contribution in [2.45, 2.75) is 18.6 Å². The summed E-state index contributed by atoms with van der Waals surface area (Å²) in [6.45, 7) is 3.11. The summed E-state index contributed by atoms with van der Waals surface area (Å²) in [5.41, 5.74) is 2.12. The highest BCUT2D eigenvalue weighted by Gasteiger charge is 2.24. The van der Waals surface area contributed by atoms with E-state index >= 15 is 0 Å². The number of carbonyl (C=O) groups excluding carboxylic acids is 1. The van der Waals surface area contributed by atoms with Crippen LogP contribution in [-0.4, -0.2) is 29.6 Å². The van der Waals surface area contributed by atoms with Crippen LogP contribution >= 0.6 is 11.8 Å². The number of amides is 1. The van der Waals surface area contributed by atoms with Crippen molar-refractivity contribution in [2.24, 2.45) is 0 Å². The van der Waals surface area contributed by atoms with E-state index in [4.69, 9.17) is 0 Å². The van der Waals surface area contributed by atoms with Gasteiger partial charge in [-0.1, -0.05) is 17.7 Å². The molecule has 126 valence electrons. The van der Waals surface area contributed by atoms with Crippen molar-refractivity contribution >= 4 is 17.7 Å². The van der Waals surface area contributed by atoms with Crippen molar-refractivity contribution in [1.82, 2.24) is 4.90 Å². The Morgan fingerprint density at radius 2 is 2.00 bits per heavy atom. The third-order valence-corrected chi connectivity index (χ3v) is 5.51. The Morgan fingerprint density at radius 3 is 2.79 bits per heavy atom. The predicted octanol–water partition coefficient (Wildman–Crippen LogP) is 4.59. The largest absolute Gasteiger partial charge is 0.338 e. The molecule has 0 N–H and O–H groups in total. The zero-order chi connectivity index (χ0) is 17.1. The average Bonchev–Trinajstić information content (AvgIpc) is 2.82. The van der Waals surface area contributed by atoms with Gasteiger partial charge in [-0.2, -0.15) is 11.8 Å². The highest BCUT2D eigenvalue weighted by molar-refractivity contribution is 7.99. The van der Waals surface area contributed by atoms with E-state index in [9.17, 15) is 13.6 Å². The Labute approximate surface area is 144 Å². The van der Waals surface area contributed by atoms with Crippen LogP contribution in [0.1, 0.15) is 33.2 Å². The Bertz CT molecular complexity index is 750. The minimum absolute atomic E-state index is 0.000311. The summed E-state index contributed by atoms with van der Waals surface area (Å²) in [4.78, 5) is 14.5. The maximum Gasteiger partial charge on any atom is 0.253 e. The molecule has 3 rings (SSSR count). The molecule has 0 radical (unpaired) electrons. The second kappa shape index (κ2) is 7.34. The lowest BCUT2D eigenvalue weighted by molar-refractivity contribution is 0.0766. The molecule has 0 saturated carbocycles. The minimum atomic E-state index is -0.427. The Kier molecular flexibility index (Phi) is 5.19. The number of hydrogen-bond donors (Lipinski definition) is 0. The van der Waals surface area contributed by atoms with E-state index in [2.05, 4.69) is 0 Å². The molecule has 2 aromatic carbocycles. The number of thioether (sulfide) groups is 1. The molecule has 1 fully saturated rings. The predicted molar refractivity (Wildman–Crippen MR) is 93.3 cm³/mol. The molecule has 0 spiro atoms. The van der Waals surface area contributed by atoms with Gasteiger partial charge in [0.25, 0.3) is 5.91 Å². The van der Waals surface area contributed by atoms with Crippen molar-refractivity contribution < 1.29 is 13.6 Å². The smallest absolute Gasteiger partial charge is 0.253 e. The number of carbonyl (C=O) groups is 1. The number of benzene rings is 2. The van der Waals surface area contributed by atoms with Crippen LogP contribution in [0.3, 0.4) is 0 Å². The topological polar surface area (TPSA) is 20.3 Å². The number of aryl methyl sites for hydroxylation is 1. The number of halogens is 2. The van der Waals surface area contributed by atoms with E-state index in [1.54, 1.807) is 16.7 Å². The molecule has 0 bridgehead atoms. The third kappa shape index (κ3) is 3.78. The normalized spacial score (nSPS) is 18.3. The van der Waals surface area contributed by atoms with Gasteiger partial charge in [0.15, 0.2) is 0 Å². The molecule has 1 atom stereocenters. The van der Waals surface area contributed by atoms with E-state index < -0.39 is 5.82 Å². The summed E-state index contributed by atoms with van der Waals surface area (Å²) in [5, 5.41) is -0.129. The summed E-state index contributed by atoms with van der Waals surface area (Å²) < 4.78 is 27.4. The first-order valence-electron chi connectivity index (χ1n) is 7.97. The van der Waals surface area contributed by atoms with Crippen molar-refractivity contribution in [1.29, 1.82) is 0 Å². The van der Waals surface area contributed by atoms with Crippen LogP contribution in [0.5, 0.6) is 0 Å². The van der Waals surface area contributed by atoms with Gasteiger partial charge in [-0.3, -0.25) is 4.79 Å². The third-order valence-electron chi connectivity index (χ3n) is 4.20. The molecule has 0 aromatic heterocycles. The van der Waals surface area contributed by atoms with Crippen molar-refractivity contribution in [3.05, 3.63) is 70.8 Å². The number of hydrogen-bond acceptors (Lipinski definition) is 2. The molecule has 1 saturated heterocycles. The monoisotopic (exact) mass is 347 g/mol. The number of rotatable bonds is 2. The summed E-state index contributed by atoms with van der Waals surface area (Å²) in [6.07, 6.45) is 0.614. The minimum Gasteiger partial charge on any atom is -0.338 e. The highest BCUT2D eigenvalue weighted by atomic mass is 32.2. The van der Waals surface area contributed by atoms with Gasteiger partial charge in [-0.15, -0.1) is 0 Å². The van der Waals surface area contributed by atoms with Crippen LogP contribution in [0.25, 0.3) is 0 Å². The van der Waals surface area contributed by atoms with E-state index in [1.165, 1.54) is 12.1 Å². The van der Waals surface area contributed by atoms with Crippen LogP contribution in [0, 0.1) is 18.6 Å². The van der Waals surface area contributed by atoms with E-state index in [1.807, 2.05) is 31.2 Å². The molecule has 1 unspecified atom stereocenters. The molecule has 5 heteroatoms. The molecule has 1 amide bonds. The highest BCUT2D eigenvalue weighted by Crippen LogP contribution is 2.36. The maximum atomic E-state index is 14.0. The second-order valence-electron chi connectivity index (χ2n) is 5.98. The van der Waals surface area contributed by atoms with Gasteiger partial charge in [0.05, 0.1) is 0 Å². The van der Waals surface area contributed by atoms with Gasteiger partial charge in [0.2, 0.25) is 0 Å². The van der Waals surface area contributed by atoms with Gasteiger partial charge in [0, 0.05) is 35.2 Å². The van der Waals surface area contributed by atoms with E-state index in [-0.39, 0.29) is 17.0 Å². The van der Waals surface area contributed by atoms with Crippen LogP contribution in [-0.2, 0) is 0 Å². The first-order valence-corrected chi connectivity index (χ1v) is 9.02. The molecule has 0 aliphatic carbocycles. The van der Waals surface area contributed by atoms with Gasteiger partial charge in [0.1, 0.15) is 11.6 Å². The quantitative estimate of drug-likeness (QED) is 0.792. The lowest BCUT2D eigenvalue weighted by Crippen LogP contribution is -2.33. The standard InChI is InChI=1S/C19H19F2NOS/c1-13-3-2-4-14(11-13)19(23)22-8-7-18(24-10-9-22)16-12-15(20)5-6-17(16)21/h2-6,11-12,18H,7-10H2,1H3. The number of nitrogens with zero attached hydrogens (tertiary/aromatic N) is 1. The first kappa shape index (κ1) is 17.0. The summed E-state index contributed by atoms with van der Waals surface area (Å²) in [5.74, 6) is -0.103.